The fourth-order valence-electron chi connectivity index (χ4n) is 1.37. The molecule has 0 aliphatic heterocycles. The lowest BCUT2D eigenvalue weighted by Crippen LogP contribution is -2.02. The summed E-state index contributed by atoms with van der Waals surface area (Å²) in [5.41, 5.74) is 6.09. The van der Waals surface area contributed by atoms with E-state index in [-0.39, 0.29) is 24.4 Å². The van der Waals surface area contributed by atoms with Crippen LogP contribution in [-0.2, 0) is 0 Å². The van der Waals surface area contributed by atoms with Gasteiger partial charge in [-0.05, 0) is 18.1 Å². The summed E-state index contributed by atoms with van der Waals surface area (Å²) < 4.78 is 25.5. The number of hydrogen-bond donors (Lipinski definition) is 1. The smallest absolute Gasteiger partial charge is 0.129 e. The molecule has 1 aromatic rings. The lowest BCUT2D eigenvalue weighted by atomic mass is 10.1. The Bertz CT molecular complexity index is 316. The molecule has 72 valence electrons. The van der Waals surface area contributed by atoms with Crippen LogP contribution in [0.25, 0.3) is 0 Å². The van der Waals surface area contributed by atoms with Crippen molar-refractivity contribution in [1.29, 1.82) is 0 Å². The third kappa shape index (κ3) is 1.98. The molecule has 0 saturated heterocycles. The van der Waals surface area contributed by atoms with Crippen molar-refractivity contribution in [3.05, 3.63) is 35.4 Å². The van der Waals surface area contributed by atoms with E-state index in [2.05, 4.69) is 0 Å². The molecular formula is C9H10ClF2N. The van der Waals surface area contributed by atoms with E-state index in [1.165, 1.54) is 12.1 Å². The quantitative estimate of drug-likeness (QED) is 0.748. The highest BCUT2D eigenvalue weighted by molar-refractivity contribution is 5.85. The highest BCUT2D eigenvalue weighted by atomic mass is 35.5. The summed E-state index contributed by atoms with van der Waals surface area (Å²) in [6, 6.07) is 3.71. The Balaban J connectivity index is 0.000000845. The summed E-state index contributed by atoms with van der Waals surface area (Å²) in [7, 11) is 0. The summed E-state index contributed by atoms with van der Waals surface area (Å²) in [5.74, 6) is -0.913. The molecule has 4 heteroatoms. The van der Waals surface area contributed by atoms with Gasteiger partial charge in [0.1, 0.15) is 11.6 Å². The molecule has 2 atom stereocenters. The van der Waals surface area contributed by atoms with E-state index in [1.807, 2.05) is 0 Å². The van der Waals surface area contributed by atoms with Crippen molar-refractivity contribution in [3.63, 3.8) is 0 Å². The third-order valence-corrected chi connectivity index (χ3v) is 2.20. The van der Waals surface area contributed by atoms with E-state index in [0.29, 0.717) is 5.56 Å². The molecule has 1 saturated carbocycles. The van der Waals surface area contributed by atoms with Crippen LogP contribution in [0.4, 0.5) is 8.78 Å². The molecule has 1 nitrogen and oxygen atoms in total. The standard InChI is InChI=1S/C9H9F2N.ClH/c10-5-1-2-6(8(11)3-5)7-4-9(7)12;/h1-3,7,9H,4,12H2;1H. The van der Waals surface area contributed by atoms with Crippen LogP contribution >= 0.6 is 12.4 Å². The summed E-state index contributed by atoms with van der Waals surface area (Å²) in [6.07, 6.45) is 0.808. The summed E-state index contributed by atoms with van der Waals surface area (Å²) in [5, 5.41) is 0. The van der Waals surface area contributed by atoms with Gasteiger partial charge in [-0.1, -0.05) is 6.07 Å². The van der Waals surface area contributed by atoms with Crippen molar-refractivity contribution in [3.8, 4) is 0 Å². The molecule has 2 unspecified atom stereocenters. The molecule has 0 radical (unpaired) electrons. The monoisotopic (exact) mass is 205 g/mol. The van der Waals surface area contributed by atoms with E-state index >= 15 is 0 Å². The second kappa shape index (κ2) is 3.60. The molecule has 1 aliphatic rings. The minimum atomic E-state index is -0.537. The molecule has 2 N–H and O–H groups in total. The van der Waals surface area contributed by atoms with Crippen LogP contribution in [0.2, 0.25) is 0 Å². The van der Waals surface area contributed by atoms with Crippen LogP contribution in [-0.4, -0.2) is 6.04 Å². The summed E-state index contributed by atoms with van der Waals surface area (Å²) in [4.78, 5) is 0. The van der Waals surface area contributed by atoms with E-state index in [4.69, 9.17) is 5.73 Å². The Morgan fingerprint density at radius 1 is 1.31 bits per heavy atom. The molecular weight excluding hydrogens is 196 g/mol. The van der Waals surface area contributed by atoms with Crippen LogP contribution in [0.3, 0.4) is 0 Å². The molecule has 0 aromatic heterocycles. The molecule has 1 fully saturated rings. The van der Waals surface area contributed by atoms with E-state index in [9.17, 15) is 8.78 Å². The van der Waals surface area contributed by atoms with Gasteiger partial charge in [-0.25, -0.2) is 8.78 Å². The average Bonchev–Trinajstić information content (AvgIpc) is 2.66. The lowest BCUT2D eigenvalue weighted by Gasteiger charge is -1.99. The number of nitrogens with two attached hydrogens (primary N) is 1. The molecule has 0 spiro atoms. The zero-order chi connectivity index (χ0) is 8.72. The summed E-state index contributed by atoms with van der Waals surface area (Å²) >= 11 is 0. The first kappa shape index (κ1) is 10.4. The maximum Gasteiger partial charge on any atom is 0.129 e. The first-order valence-electron chi connectivity index (χ1n) is 3.89. The Hall–Kier alpha value is -0.670. The Labute approximate surface area is 81.3 Å². The minimum Gasteiger partial charge on any atom is -0.327 e. The van der Waals surface area contributed by atoms with E-state index in [1.54, 1.807) is 0 Å². The average molecular weight is 206 g/mol. The number of rotatable bonds is 1. The van der Waals surface area contributed by atoms with Gasteiger partial charge in [-0.15, -0.1) is 12.4 Å². The lowest BCUT2D eigenvalue weighted by molar-refractivity contribution is 0.572. The van der Waals surface area contributed by atoms with E-state index < -0.39 is 11.6 Å². The fourth-order valence-corrected chi connectivity index (χ4v) is 1.37. The van der Waals surface area contributed by atoms with Gasteiger partial charge in [0.2, 0.25) is 0 Å². The first-order chi connectivity index (χ1) is 5.68. The maximum absolute atomic E-state index is 13.0. The zero-order valence-electron chi connectivity index (χ0n) is 6.84. The third-order valence-electron chi connectivity index (χ3n) is 2.20. The number of halogens is 3. The second-order valence-corrected chi connectivity index (χ2v) is 3.17. The van der Waals surface area contributed by atoms with Crippen molar-refractivity contribution in [2.45, 2.75) is 18.4 Å². The van der Waals surface area contributed by atoms with Gasteiger partial charge in [-0.2, -0.15) is 0 Å². The largest absolute Gasteiger partial charge is 0.327 e. The predicted molar refractivity (Wildman–Crippen MR) is 48.9 cm³/mol. The normalized spacial score (nSPS) is 25.2. The minimum absolute atomic E-state index is 0. The van der Waals surface area contributed by atoms with Crippen molar-refractivity contribution >= 4 is 12.4 Å². The van der Waals surface area contributed by atoms with Gasteiger partial charge >= 0.3 is 0 Å². The molecule has 0 amide bonds. The highest BCUT2D eigenvalue weighted by Gasteiger charge is 2.36. The van der Waals surface area contributed by atoms with Gasteiger partial charge in [0, 0.05) is 18.0 Å². The Kier molecular flexibility index (Phi) is 2.88. The molecule has 13 heavy (non-hydrogen) atoms. The number of benzene rings is 1. The zero-order valence-corrected chi connectivity index (χ0v) is 7.65. The van der Waals surface area contributed by atoms with Gasteiger partial charge in [0.15, 0.2) is 0 Å². The van der Waals surface area contributed by atoms with Crippen LogP contribution in [0.1, 0.15) is 17.9 Å². The van der Waals surface area contributed by atoms with Crippen molar-refractivity contribution in [1.82, 2.24) is 0 Å². The van der Waals surface area contributed by atoms with Crippen molar-refractivity contribution in [2.24, 2.45) is 5.73 Å². The Morgan fingerprint density at radius 3 is 2.38 bits per heavy atom. The van der Waals surface area contributed by atoms with Crippen molar-refractivity contribution < 1.29 is 8.78 Å². The SMILES string of the molecule is Cl.NC1CC1c1ccc(F)cc1F. The van der Waals surface area contributed by atoms with Gasteiger partial charge in [-0.3, -0.25) is 0 Å². The van der Waals surface area contributed by atoms with Crippen LogP contribution in [0.15, 0.2) is 18.2 Å². The van der Waals surface area contributed by atoms with Crippen molar-refractivity contribution in [2.75, 3.05) is 0 Å². The molecule has 1 aliphatic carbocycles. The van der Waals surface area contributed by atoms with Crippen LogP contribution in [0.5, 0.6) is 0 Å². The van der Waals surface area contributed by atoms with Gasteiger partial charge < -0.3 is 5.73 Å². The topological polar surface area (TPSA) is 26.0 Å². The molecule has 0 heterocycles. The maximum atomic E-state index is 13.0. The first-order valence-corrected chi connectivity index (χ1v) is 3.89. The highest BCUT2D eigenvalue weighted by Crippen LogP contribution is 2.40. The van der Waals surface area contributed by atoms with Crippen LogP contribution < -0.4 is 5.73 Å². The van der Waals surface area contributed by atoms with E-state index in [0.717, 1.165) is 12.5 Å². The molecule has 2 rings (SSSR count). The molecule has 0 bridgehead atoms. The van der Waals surface area contributed by atoms with Gasteiger partial charge in [0.05, 0.1) is 0 Å². The fraction of sp³-hybridized carbons (Fsp3) is 0.333. The second-order valence-electron chi connectivity index (χ2n) is 3.17. The number of hydrogen-bond acceptors (Lipinski definition) is 1. The molecule has 1 aromatic carbocycles. The Morgan fingerprint density at radius 2 is 1.92 bits per heavy atom. The van der Waals surface area contributed by atoms with Gasteiger partial charge in [0.25, 0.3) is 0 Å². The van der Waals surface area contributed by atoms with Crippen LogP contribution in [0, 0.1) is 11.6 Å². The predicted octanol–water partition coefficient (Wildman–Crippen LogP) is 2.20. The summed E-state index contributed by atoms with van der Waals surface area (Å²) in [6.45, 7) is 0.